The Morgan fingerprint density at radius 2 is 1.81 bits per heavy atom. The van der Waals surface area contributed by atoms with E-state index in [2.05, 4.69) is 11.4 Å². The molecule has 0 fully saturated rings. The normalized spacial score (nSPS) is 18.5. The Morgan fingerprint density at radius 1 is 1.06 bits per heavy atom. The molecule has 3 aromatic rings. The standard InChI is InChI=1S/C25H23F3N2O/c1-13-14(2)23-18(15(3)20(13)12-29)9-10-21(25(26,27)28)24(23)30-22-6-4-5-16-11-17(31)7-8-19(16)22/h4-8,11,21,24,30-31H,9-10H2,1-3H3. The number of phenolic OH excluding ortho intramolecular Hbond substituents is 1. The van der Waals surface area contributed by atoms with Crippen molar-refractivity contribution in [1.82, 2.24) is 0 Å². The molecule has 3 aromatic carbocycles. The third-order valence-electron chi connectivity index (χ3n) is 6.62. The number of aromatic hydroxyl groups is 1. The Hall–Kier alpha value is -3.20. The largest absolute Gasteiger partial charge is 0.508 e. The number of fused-ring (bicyclic) bond motifs is 2. The van der Waals surface area contributed by atoms with Crippen molar-refractivity contribution in [2.75, 3.05) is 5.32 Å². The summed E-state index contributed by atoms with van der Waals surface area (Å²) in [5.41, 5.74) is 4.88. The van der Waals surface area contributed by atoms with Gasteiger partial charge in [0.05, 0.1) is 23.6 Å². The molecule has 2 atom stereocenters. The molecule has 0 aliphatic heterocycles. The highest BCUT2D eigenvalue weighted by Gasteiger charge is 2.48. The lowest BCUT2D eigenvalue weighted by Crippen LogP contribution is -2.38. The number of benzene rings is 3. The maximum absolute atomic E-state index is 14.1. The summed E-state index contributed by atoms with van der Waals surface area (Å²) in [6, 6.07) is 11.4. The fraction of sp³-hybridized carbons (Fsp3) is 0.320. The van der Waals surface area contributed by atoms with Crippen molar-refractivity contribution in [2.24, 2.45) is 5.92 Å². The number of nitrogens with zero attached hydrogens (tertiary/aromatic N) is 1. The number of phenols is 1. The smallest absolute Gasteiger partial charge is 0.394 e. The highest BCUT2D eigenvalue weighted by atomic mass is 19.4. The van der Waals surface area contributed by atoms with E-state index in [0.717, 1.165) is 33.0 Å². The summed E-state index contributed by atoms with van der Waals surface area (Å²) in [6.07, 6.45) is -4.10. The number of hydrogen-bond acceptors (Lipinski definition) is 3. The number of halogens is 3. The molecule has 0 heterocycles. The fourth-order valence-electron chi connectivity index (χ4n) is 4.92. The second kappa shape index (κ2) is 7.49. The zero-order valence-electron chi connectivity index (χ0n) is 17.6. The quantitative estimate of drug-likeness (QED) is 0.486. The minimum absolute atomic E-state index is 0.0338. The molecule has 1 aliphatic rings. The van der Waals surface area contributed by atoms with Crippen LogP contribution in [0.4, 0.5) is 18.9 Å². The van der Waals surface area contributed by atoms with E-state index in [1.165, 1.54) is 6.07 Å². The van der Waals surface area contributed by atoms with Crippen molar-refractivity contribution in [2.45, 2.75) is 45.8 Å². The maximum Gasteiger partial charge on any atom is 0.394 e. The van der Waals surface area contributed by atoms with Gasteiger partial charge < -0.3 is 10.4 Å². The van der Waals surface area contributed by atoms with Crippen molar-refractivity contribution >= 4 is 16.5 Å². The lowest BCUT2D eigenvalue weighted by molar-refractivity contribution is -0.182. The third-order valence-corrected chi connectivity index (χ3v) is 6.62. The van der Waals surface area contributed by atoms with Gasteiger partial charge in [-0.2, -0.15) is 18.4 Å². The molecule has 160 valence electrons. The van der Waals surface area contributed by atoms with E-state index >= 15 is 0 Å². The van der Waals surface area contributed by atoms with Crippen LogP contribution in [0.15, 0.2) is 36.4 Å². The average Bonchev–Trinajstić information content (AvgIpc) is 2.71. The van der Waals surface area contributed by atoms with Crippen molar-refractivity contribution in [3.8, 4) is 11.8 Å². The van der Waals surface area contributed by atoms with Crippen LogP contribution in [-0.2, 0) is 6.42 Å². The first-order chi connectivity index (χ1) is 14.6. The number of anilines is 1. The van der Waals surface area contributed by atoms with Crippen LogP contribution in [0.1, 0.15) is 45.8 Å². The van der Waals surface area contributed by atoms with Gasteiger partial charge in [-0.25, -0.2) is 0 Å². The molecular formula is C25H23F3N2O. The Balaban J connectivity index is 1.92. The summed E-state index contributed by atoms with van der Waals surface area (Å²) in [4.78, 5) is 0. The molecule has 0 saturated heterocycles. The van der Waals surface area contributed by atoms with E-state index in [0.29, 0.717) is 23.2 Å². The first kappa shape index (κ1) is 21.0. The summed E-state index contributed by atoms with van der Waals surface area (Å²) in [5, 5.41) is 24.0. The second-order valence-corrected chi connectivity index (χ2v) is 8.27. The lowest BCUT2D eigenvalue weighted by Gasteiger charge is -2.38. The minimum Gasteiger partial charge on any atom is -0.508 e. The van der Waals surface area contributed by atoms with E-state index in [4.69, 9.17) is 0 Å². The number of nitriles is 1. The van der Waals surface area contributed by atoms with Crippen LogP contribution in [0.25, 0.3) is 10.8 Å². The molecule has 0 bridgehead atoms. The minimum atomic E-state index is -4.36. The average molecular weight is 424 g/mol. The van der Waals surface area contributed by atoms with Gasteiger partial charge in [-0.3, -0.25) is 0 Å². The molecule has 0 amide bonds. The predicted octanol–water partition coefficient (Wildman–Crippen LogP) is 6.62. The molecule has 0 aromatic heterocycles. The molecule has 2 unspecified atom stereocenters. The van der Waals surface area contributed by atoms with Crippen LogP contribution in [-0.4, -0.2) is 11.3 Å². The van der Waals surface area contributed by atoms with Gasteiger partial charge >= 0.3 is 6.18 Å². The zero-order valence-corrected chi connectivity index (χ0v) is 17.6. The topological polar surface area (TPSA) is 56.0 Å². The van der Waals surface area contributed by atoms with Gasteiger partial charge in [-0.1, -0.05) is 12.1 Å². The van der Waals surface area contributed by atoms with Crippen LogP contribution >= 0.6 is 0 Å². The van der Waals surface area contributed by atoms with Gasteiger partial charge in [0, 0.05) is 11.1 Å². The Labute approximate surface area is 179 Å². The van der Waals surface area contributed by atoms with Gasteiger partial charge in [0.1, 0.15) is 5.75 Å². The molecule has 1 aliphatic carbocycles. The lowest BCUT2D eigenvalue weighted by atomic mass is 9.73. The van der Waals surface area contributed by atoms with Gasteiger partial charge in [-0.05, 0) is 91.1 Å². The third kappa shape index (κ3) is 3.48. The Bertz CT molecular complexity index is 1220. The number of alkyl halides is 3. The summed E-state index contributed by atoms with van der Waals surface area (Å²) in [6.45, 7) is 5.44. The molecule has 31 heavy (non-hydrogen) atoms. The van der Waals surface area contributed by atoms with Gasteiger partial charge in [0.15, 0.2) is 0 Å². The maximum atomic E-state index is 14.1. The van der Waals surface area contributed by atoms with E-state index in [1.807, 2.05) is 19.9 Å². The SMILES string of the molecule is Cc1c(C)c2c(c(C)c1C#N)CCC(C(F)(F)F)C2Nc1cccc2cc(O)ccc12. The van der Waals surface area contributed by atoms with E-state index in [9.17, 15) is 23.5 Å². The molecule has 3 nitrogen and oxygen atoms in total. The van der Waals surface area contributed by atoms with Crippen LogP contribution in [0.3, 0.4) is 0 Å². The van der Waals surface area contributed by atoms with Gasteiger partial charge in [-0.15, -0.1) is 0 Å². The fourth-order valence-corrected chi connectivity index (χ4v) is 4.92. The van der Waals surface area contributed by atoms with Gasteiger partial charge in [0.2, 0.25) is 0 Å². The number of hydrogen-bond donors (Lipinski definition) is 2. The van der Waals surface area contributed by atoms with Crippen molar-refractivity contribution in [1.29, 1.82) is 5.26 Å². The summed E-state index contributed by atoms with van der Waals surface area (Å²) < 4.78 is 42.3. The summed E-state index contributed by atoms with van der Waals surface area (Å²) in [7, 11) is 0. The second-order valence-electron chi connectivity index (χ2n) is 8.27. The predicted molar refractivity (Wildman–Crippen MR) is 115 cm³/mol. The zero-order chi connectivity index (χ0) is 22.5. The van der Waals surface area contributed by atoms with E-state index in [1.54, 1.807) is 31.2 Å². The molecule has 0 saturated carbocycles. The monoisotopic (exact) mass is 424 g/mol. The van der Waals surface area contributed by atoms with Crippen LogP contribution in [0.2, 0.25) is 0 Å². The van der Waals surface area contributed by atoms with Crippen molar-refractivity contribution in [3.05, 3.63) is 69.8 Å². The summed E-state index contributed by atoms with van der Waals surface area (Å²) >= 11 is 0. The molecular weight excluding hydrogens is 401 g/mol. The molecule has 0 radical (unpaired) electrons. The first-order valence-electron chi connectivity index (χ1n) is 10.2. The Kier molecular flexibility index (Phi) is 5.09. The van der Waals surface area contributed by atoms with Gasteiger partial charge in [0.25, 0.3) is 0 Å². The van der Waals surface area contributed by atoms with E-state index in [-0.39, 0.29) is 12.2 Å². The van der Waals surface area contributed by atoms with Crippen LogP contribution < -0.4 is 5.32 Å². The highest BCUT2D eigenvalue weighted by Crippen LogP contribution is 2.48. The van der Waals surface area contributed by atoms with Crippen molar-refractivity contribution in [3.63, 3.8) is 0 Å². The number of nitrogens with one attached hydrogen (secondary N) is 1. The van der Waals surface area contributed by atoms with E-state index < -0.39 is 18.1 Å². The number of rotatable bonds is 2. The van der Waals surface area contributed by atoms with Crippen LogP contribution in [0.5, 0.6) is 5.75 Å². The molecule has 4 rings (SSSR count). The molecule has 2 N–H and O–H groups in total. The molecule has 6 heteroatoms. The highest BCUT2D eigenvalue weighted by molar-refractivity contribution is 5.94. The molecule has 0 spiro atoms. The Morgan fingerprint density at radius 3 is 2.48 bits per heavy atom. The first-order valence-corrected chi connectivity index (χ1v) is 10.2. The van der Waals surface area contributed by atoms with Crippen molar-refractivity contribution < 1.29 is 18.3 Å². The summed E-state index contributed by atoms with van der Waals surface area (Å²) in [5.74, 6) is -1.44. The van der Waals surface area contributed by atoms with Crippen LogP contribution in [0, 0.1) is 38.0 Å².